The lowest BCUT2D eigenvalue weighted by molar-refractivity contribution is 0.180. The van der Waals surface area contributed by atoms with Crippen molar-refractivity contribution in [2.45, 2.75) is 44.7 Å². The zero-order chi connectivity index (χ0) is 14.7. The van der Waals surface area contributed by atoms with Crippen LogP contribution in [0.4, 0.5) is 0 Å². The predicted molar refractivity (Wildman–Crippen MR) is 86.7 cm³/mol. The van der Waals surface area contributed by atoms with E-state index in [1.807, 2.05) is 0 Å². The summed E-state index contributed by atoms with van der Waals surface area (Å²) in [5.41, 5.74) is 1.32. The number of nitrogens with zero attached hydrogens (tertiary/aromatic N) is 1. The van der Waals surface area contributed by atoms with Crippen molar-refractivity contribution in [1.82, 2.24) is 10.2 Å². The molecule has 0 radical (unpaired) electrons. The van der Waals surface area contributed by atoms with Gasteiger partial charge >= 0.3 is 0 Å². The van der Waals surface area contributed by atoms with E-state index in [9.17, 15) is 0 Å². The topological polar surface area (TPSA) is 24.5 Å². The molecule has 2 atom stereocenters. The van der Waals surface area contributed by atoms with Crippen molar-refractivity contribution in [2.24, 2.45) is 5.92 Å². The average Bonchev–Trinajstić information content (AvgIpc) is 3.04. The van der Waals surface area contributed by atoms with Gasteiger partial charge in [-0.15, -0.1) is 0 Å². The van der Waals surface area contributed by atoms with Crippen molar-refractivity contribution in [3.63, 3.8) is 0 Å². The molecule has 0 amide bonds. The summed E-state index contributed by atoms with van der Waals surface area (Å²) in [6.07, 6.45) is 5.58. The van der Waals surface area contributed by atoms with Crippen molar-refractivity contribution in [2.75, 3.05) is 26.7 Å². The van der Waals surface area contributed by atoms with Gasteiger partial charge in [-0.3, -0.25) is 0 Å². The van der Waals surface area contributed by atoms with E-state index in [-0.39, 0.29) is 0 Å². The largest absolute Gasteiger partial charge is 0.493 e. The fraction of sp³-hybridized carbons (Fsp3) is 0.667. The van der Waals surface area contributed by atoms with E-state index in [4.69, 9.17) is 4.74 Å². The molecule has 0 spiro atoms. The first-order chi connectivity index (χ1) is 10.3. The summed E-state index contributed by atoms with van der Waals surface area (Å²) >= 11 is 0. The van der Waals surface area contributed by atoms with Gasteiger partial charge in [-0.25, -0.2) is 0 Å². The fourth-order valence-corrected chi connectivity index (χ4v) is 3.73. The first kappa shape index (κ1) is 14.9. The maximum Gasteiger partial charge on any atom is 0.124 e. The number of benzene rings is 1. The maximum atomic E-state index is 5.82. The Morgan fingerprint density at radius 3 is 2.81 bits per heavy atom. The van der Waals surface area contributed by atoms with Crippen LogP contribution < -0.4 is 10.1 Å². The molecular formula is C18H28N2O. The van der Waals surface area contributed by atoms with Crippen LogP contribution in [0.2, 0.25) is 0 Å². The highest BCUT2D eigenvalue weighted by molar-refractivity contribution is 5.37. The number of fused-ring (bicyclic) bond motifs is 1. The lowest BCUT2D eigenvalue weighted by atomic mass is 9.92. The molecule has 3 rings (SSSR count). The molecule has 1 fully saturated rings. The standard InChI is InChI=1S/C18H28N2O/c1-14-13-21-17-10-6-5-9-16(17)18(14)19-11-12-20(2)15-7-3-4-8-15/h5-6,9-10,14-15,18-19H,3-4,7-8,11-13H2,1-2H3. The number of para-hydroxylation sites is 1. The van der Waals surface area contributed by atoms with Crippen LogP contribution >= 0.6 is 0 Å². The normalized spacial score (nSPS) is 25.9. The first-order valence-corrected chi connectivity index (χ1v) is 8.41. The highest BCUT2D eigenvalue weighted by Crippen LogP contribution is 2.34. The van der Waals surface area contributed by atoms with Gasteiger partial charge in [0.2, 0.25) is 0 Å². The molecule has 0 bridgehead atoms. The molecule has 1 saturated carbocycles. The summed E-state index contributed by atoms with van der Waals surface area (Å²) in [7, 11) is 2.28. The molecule has 3 nitrogen and oxygen atoms in total. The molecule has 1 aliphatic heterocycles. The molecule has 0 saturated heterocycles. The Hall–Kier alpha value is -1.06. The summed E-state index contributed by atoms with van der Waals surface area (Å²) in [6.45, 7) is 5.27. The van der Waals surface area contributed by atoms with Crippen LogP contribution in [0.5, 0.6) is 5.75 Å². The number of ether oxygens (including phenoxy) is 1. The van der Waals surface area contributed by atoms with E-state index >= 15 is 0 Å². The third-order valence-corrected chi connectivity index (χ3v) is 5.10. The molecule has 1 aromatic rings. The Labute approximate surface area is 128 Å². The van der Waals surface area contributed by atoms with Crippen LogP contribution in [-0.2, 0) is 0 Å². The third-order valence-electron chi connectivity index (χ3n) is 5.10. The Morgan fingerprint density at radius 2 is 2.00 bits per heavy atom. The molecule has 3 heteroatoms. The number of likely N-dealkylation sites (N-methyl/N-ethyl adjacent to an activating group) is 1. The monoisotopic (exact) mass is 288 g/mol. The highest BCUT2D eigenvalue weighted by Gasteiger charge is 2.27. The second kappa shape index (κ2) is 6.80. The van der Waals surface area contributed by atoms with Gasteiger partial charge in [0, 0.05) is 36.7 Å². The van der Waals surface area contributed by atoms with Gasteiger partial charge in [0.15, 0.2) is 0 Å². The van der Waals surface area contributed by atoms with E-state index in [2.05, 4.69) is 48.5 Å². The molecule has 116 valence electrons. The Bertz CT molecular complexity index is 456. The molecule has 2 unspecified atom stereocenters. The van der Waals surface area contributed by atoms with Crippen LogP contribution in [0.3, 0.4) is 0 Å². The summed E-state index contributed by atoms with van der Waals surface area (Å²) in [4.78, 5) is 2.54. The minimum absolute atomic E-state index is 0.423. The number of nitrogens with one attached hydrogen (secondary N) is 1. The van der Waals surface area contributed by atoms with Gasteiger partial charge in [0.05, 0.1) is 6.61 Å². The summed E-state index contributed by atoms with van der Waals surface area (Å²) in [6, 6.07) is 9.68. The molecule has 1 heterocycles. The lowest BCUT2D eigenvalue weighted by Crippen LogP contribution is -2.40. The van der Waals surface area contributed by atoms with Crippen molar-refractivity contribution in [3.05, 3.63) is 29.8 Å². The molecule has 1 aliphatic carbocycles. The van der Waals surface area contributed by atoms with Gasteiger partial charge < -0.3 is 15.0 Å². The van der Waals surface area contributed by atoms with Crippen molar-refractivity contribution in [1.29, 1.82) is 0 Å². The van der Waals surface area contributed by atoms with Gasteiger partial charge in [-0.1, -0.05) is 38.0 Å². The van der Waals surface area contributed by atoms with E-state index < -0.39 is 0 Å². The SMILES string of the molecule is CC1COc2ccccc2C1NCCN(C)C1CCCC1. The van der Waals surface area contributed by atoms with Gasteiger partial charge in [0.1, 0.15) is 5.75 Å². The summed E-state index contributed by atoms with van der Waals surface area (Å²) in [5.74, 6) is 1.58. The lowest BCUT2D eigenvalue weighted by Gasteiger charge is -2.33. The summed E-state index contributed by atoms with van der Waals surface area (Å²) < 4.78 is 5.82. The van der Waals surface area contributed by atoms with Crippen molar-refractivity contribution < 1.29 is 4.74 Å². The fourth-order valence-electron chi connectivity index (χ4n) is 3.73. The first-order valence-electron chi connectivity index (χ1n) is 8.41. The molecule has 21 heavy (non-hydrogen) atoms. The van der Waals surface area contributed by atoms with Crippen molar-refractivity contribution >= 4 is 0 Å². The van der Waals surface area contributed by atoms with E-state index in [1.165, 1.54) is 31.2 Å². The van der Waals surface area contributed by atoms with Crippen LogP contribution in [0.15, 0.2) is 24.3 Å². The minimum atomic E-state index is 0.423. The summed E-state index contributed by atoms with van der Waals surface area (Å²) in [5, 5.41) is 3.76. The number of rotatable bonds is 5. The van der Waals surface area contributed by atoms with E-state index in [0.717, 1.165) is 31.5 Å². The zero-order valence-corrected chi connectivity index (χ0v) is 13.3. The third kappa shape index (κ3) is 3.41. The Kier molecular flexibility index (Phi) is 4.81. The van der Waals surface area contributed by atoms with Crippen LogP contribution in [0.1, 0.15) is 44.2 Å². The quantitative estimate of drug-likeness (QED) is 0.900. The van der Waals surface area contributed by atoms with Gasteiger partial charge in [-0.05, 0) is 26.0 Å². The molecule has 2 aliphatic rings. The second-order valence-electron chi connectivity index (χ2n) is 6.68. The minimum Gasteiger partial charge on any atom is -0.493 e. The number of hydrogen-bond acceptors (Lipinski definition) is 3. The predicted octanol–water partition coefficient (Wildman–Crippen LogP) is 3.22. The van der Waals surface area contributed by atoms with E-state index in [0.29, 0.717) is 12.0 Å². The van der Waals surface area contributed by atoms with Gasteiger partial charge in [-0.2, -0.15) is 0 Å². The highest BCUT2D eigenvalue weighted by atomic mass is 16.5. The average molecular weight is 288 g/mol. The van der Waals surface area contributed by atoms with Crippen LogP contribution in [0.25, 0.3) is 0 Å². The van der Waals surface area contributed by atoms with Gasteiger partial charge in [0.25, 0.3) is 0 Å². The Morgan fingerprint density at radius 1 is 1.24 bits per heavy atom. The van der Waals surface area contributed by atoms with Crippen LogP contribution in [-0.4, -0.2) is 37.7 Å². The number of hydrogen-bond donors (Lipinski definition) is 1. The molecule has 1 N–H and O–H groups in total. The second-order valence-corrected chi connectivity index (χ2v) is 6.68. The molecule has 1 aromatic carbocycles. The Balaban J connectivity index is 1.54. The molecular weight excluding hydrogens is 260 g/mol. The van der Waals surface area contributed by atoms with Crippen LogP contribution in [0, 0.1) is 5.92 Å². The smallest absolute Gasteiger partial charge is 0.124 e. The molecule has 0 aromatic heterocycles. The zero-order valence-electron chi connectivity index (χ0n) is 13.3. The maximum absolute atomic E-state index is 5.82. The van der Waals surface area contributed by atoms with Crippen molar-refractivity contribution in [3.8, 4) is 5.75 Å². The van der Waals surface area contributed by atoms with E-state index in [1.54, 1.807) is 0 Å².